The predicted molar refractivity (Wildman–Crippen MR) is 86.6 cm³/mol. The zero-order chi connectivity index (χ0) is 17.3. The third-order valence-electron chi connectivity index (χ3n) is 5.00. The van der Waals surface area contributed by atoms with E-state index in [0.717, 1.165) is 29.7 Å². The number of nitrogens with zero attached hydrogens (tertiary/aromatic N) is 1. The van der Waals surface area contributed by atoms with Gasteiger partial charge in [0.25, 0.3) is 0 Å². The van der Waals surface area contributed by atoms with E-state index in [1.165, 1.54) is 12.1 Å². The number of aryl methyl sites for hydroxylation is 1. The van der Waals surface area contributed by atoms with Crippen molar-refractivity contribution >= 4 is 23.4 Å². The zero-order valence-corrected chi connectivity index (χ0v) is 13.7. The number of carbonyl (C=O) groups is 3. The predicted octanol–water partition coefficient (Wildman–Crippen LogP) is 2.78. The third kappa shape index (κ3) is 3.05. The van der Waals surface area contributed by atoms with Crippen molar-refractivity contribution < 1.29 is 18.8 Å². The molecule has 0 atom stereocenters. The number of hydrogen-bond donors (Lipinski definition) is 1. The zero-order valence-electron chi connectivity index (χ0n) is 13.7. The van der Waals surface area contributed by atoms with Crippen LogP contribution in [0.1, 0.15) is 44.1 Å². The number of rotatable bonds is 3. The van der Waals surface area contributed by atoms with Gasteiger partial charge in [-0.3, -0.25) is 19.3 Å². The van der Waals surface area contributed by atoms with E-state index in [9.17, 15) is 18.8 Å². The molecule has 1 aromatic rings. The minimum Gasteiger partial charge on any atom is -0.322 e. The van der Waals surface area contributed by atoms with Crippen molar-refractivity contribution in [3.63, 3.8) is 0 Å². The molecule has 6 heteroatoms. The molecular weight excluding hydrogens is 311 g/mol. The second-order valence-electron chi connectivity index (χ2n) is 6.83. The molecule has 2 aliphatic rings. The Morgan fingerprint density at radius 1 is 1.25 bits per heavy atom. The second kappa shape index (κ2) is 6.34. The molecule has 1 aliphatic carbocycles. The molecule has 2 fully saturated rings. The molecule has 3 amide bonds. The van der Waals surface area contributed by atoms with Crippen LogP contribution in [0.25, 0.3) is 0 Å². The van der Waals surface area contributed by atoms with E-state index in [0.29, 0.717) is 12.8 Å². The highest BCUT2D eigenvalue weighted by Crippen LogP contribution is 2.45. The van der Waals surface area contributed by atoms with Gasteiger partial charge < -0.3 is 5.32 Å². The maximum atomic E-state index is 13.8. The quantitative estimate of drug-likeness (QED) is 0.866. The van der Waals surface area contributed by atoms with Gasteiger partial charge in [0.05, 0.1) is 11.1 Å². The van der Waals surface area contributed by atoms with Gasteiger partial charge >= 0.3 is 0 Å². The van der Waals surface area contributed by atoms with Gasteiger partial charge in [-0.1, -0.05) is 25.3 Å². The van der Waals surface area contributed by atoms with E-state index >= 15 is 0 Å². The Morgan fingerprint density at radius 3 is 2.62 bits per heavy atom. The molecule has 0 unspecified atom stereocenters. The van der Waals surface area contributed by atoms with Gasteiger partial charge in [-0.2, -0.15) is 0 Å². The smallest absolute Gasteiger partial charge is 0.244 e. The van der Waals surface area contributed by atoms with Crippen LogP contribution < -0.4 is 5.32 Å². The number of imide groups is 1. The fourth-order valence-electron chi connectivity index (χ4n) is 3.69. The molecule has 24 heavy (non-hydrogen) atoms. The maximum Gasteiger partial charge on any atom is 0.244 e. The largest absolute Gasteiger partial charge is 0.322 e. The van der Waals surface area contributed by atoms with Gasteiger partial charge in [-0.15, -0.1) is 0 Å². The van der Waals surface area contributed by atoms with Crippen molar-refractivity contribution in [2.24, 2.45) is 5.41 Å². The molecule has 128 valence electrons. The van der Waals surface area contributed by atoms with Crippen molar-refractivity contribution in [1.29, 1.82) is 0 Å². The van der Waals surface area contributed by atoms with Gasteiger partial charge in [0, 0.05) is 6.42 Å². The van der Waals surface area contributed by atoms with Crippen LogP contribution in [-0.2, 0) is 14.4 Å². The van der Waals surface area contributed by atoms with Crippen LogP contribution in [0.3, 0.4) is 0 Å². The fourth-order valence-corrected chi connectivity index (χ4v) is 3.69. The SMILES string of the molecule is Cc1ccc(NC(=O)CN2C(=O)CC3(CCCCC3)C2=O)c(F)c1. The molecule has 1 spiro atoms. The van der Waals surface area contributed by atoms with Gasteiger partial charge in [0.2, 0.25) is 17.7 Å². The van der Waals surface area contributed by atoms with Crippen molar-refractivity contribution in [1.82, 2.24) is 4.90 Å². The van der Waals surface area contributed by atoms with Crippen LogP contribution in [0.5, 0.6) is 0 Å². The number of benzene rings is 1. The number of amides is 3. The van der Waals surface area contributed by atoms with E-state index in [1.54, 1.807) is 13.0 Å². The van der Waals surface area contributed by atoms with Crippen LogP contribution in [0, 0.1) is 18.2 Å². The fraction of sp³-hybridized carbons (Fsp3) is 0.500. The van der Waals surface area contributed by atoms with E-state index < -0.39 is 17.1 Å². The summed E-state index contributed by atoms with van der Waals surface area (Å²) in [5.74, 6) is -1.65. The normalized spacial score (nSPS) is 19.8. The highest BCUT2D eigenvalue weighted by molar-refractivity contribution is 6.09. The first-order valence-corrected chi connectivity index (χ1v) is 8.32. The van der Waals surface area contributed by atoms with Crippen molar-refractivity contribution in [2.75, 3.05) is 11.9 Å². The summed E-state index contributed by atoms with van der Waals surface area (Å²) >= 11 is 0. The summed E-state index contributed by atoms with van der Waals surface area (Å²) in [5, 5.41) is 2.44. The summed E-state index contributed by atoms with van der Waals surface area (Å²) < 4.78 is 13.8. The van der Waals surface area contributed by atoms with Gasteiger partial charge in [0.1, 0.15) is 12.4 Å². The van der Waals surface area contributed by atoms with E-state index in [-0.39, 0.29) is 30.5 Å². The number of nitrogens with one attached hydrogen (secondary N) is 1. The molecule has 3 rings (SSSR count). The second-order valence-corrected chi connectivity index (χ2v) is 6.83. The summed E-state index contributed by atoms with van der Waals surface area (Å²) in [6, 6.07) is 4.47. The lowest BCUT2D eigenvalue weighted by Crippen LogP contribution is -2.41. The van der Waals surface area contributed by atoms with Crippen LogP contribution in [0.2, 0.25) is 0 Å². The molecule has 1 aromatic carbocycles. The Bertz CT molecular complexity index is 696. The summed E-state index contributed by atoms with van der Waals surface area (Å²) in [5.41, 5.74) is 0.191. The number of anilines is 1. The summed E-state index contributed by atoms with van der Waals surface area (Å²) in [6.07, 6.45) is 4.57. The van der Waals surface area contributed by atoms with E-state index in [4.69, 9.17) is 0 Å². The van der Waals surface area contributed by atoms with Gasteiger partial charge in [-0.05, 0) is 37.5 Å². The average molecular weight is 332 g/mol. The molecule has 1 N–H and O–H groups in total. The summed E-state index contributed by atoms with van der Waals surface area (Å²) in [6.45, 7) is 1.40. The summed E-state index contributed by atoms with van der Waals surface area (Å²) in [4.78, 5) is 38.0. The first-order valence-electron chi connectivity index (χ1n) is 8.32. The van der Waals surface area contributed by atoms with Gasteiger partial charge in [0.15, 0.2) is 0 Å². The Labute approximate surface area is 140 Å². The molecule has 0 aromatic heterocycles. The lowest BCUT2D eigenvalue weighted by molar-refractivity contribution is -0.144. The Balaban J connectivity index is 1.68. The molecule has 1 saturated carbocycles. The van der Waals surface area contributed by atoms with E-state index in [1.807, 2.05) is 0 Å². The standard InChI is InChI=1S/C18H21FN2O3/c1-12-5-6-14(13(19)9-12)20-15(22)11-21-16(23)10-18(17(21)24)7-3-2-4-8-18/h5-6,9H,2-4,7-8,10-11H2,1H3,(H,20,22). The van der Waals surface area contributed by atoms with Crippen LogP contribution >= 0.6 is 0 Å². The Morgan fingerprint density at radius 2 is 1.96 bits per heavy atom. The first-order chi connectivity index (χ1) is 11.4. The number of hydrogen-bond acceptors (Lipinski definition) is 3. The number of halogens is 1. The average Bonchev–Trinajstić information content (AvgIpc) is 2.75. The lowest BCUT2D eigenvalue weighted by atomic mass is 9.73. The molecule has 1 heterocycles. The minimum absolute atomic E-state index is 0.0528. The number of carbonyl (C=O) groups excluding carboxylic acids is 3. The van der Waals surface area contributed by atoms with Crippen LogP contribution in [0.4, 0.5) is 10.1 Å². The highest BCUT2D eigenvalue weighted by atomic mass is 19.1. The number of likely N-dealkylation sites (tertiary alicyclic amines) is 1. The Kier molecular flexibility index (Phi) is 4.39. The van der Waals surface area contributed by atoms with Crippen molar-refractivity contribution in [3.05, 3.63) is 29.6 Å². The van der Waals surface area contributed by atoms with Gasteiger partial charge in [-0.25, -0.2) is 4.39 Å². The molecule has 1 aliphatic heterocycles. The molecule has 0 bridgehead atoms. The third-order valence-corrected chi connectivity index (χ3v) is 5.00. The molecule has 0 radical (unpaired) electrons. The molecule has 1 saturated heterocycles. The topological polar surface area (TPSA) is 66.5 Å². The summed E-state index contributed by atoms with van der Waals surface area (Å²) in [7, 11) is 0. The van der Waals surface area contributed by atoms with Crippen molar-refractivity contribution in [3.8, 4) is 0 Å². The lowest BCUT2D eigenvalue weighted by Gasteiger charge is -2.30. The highest BCUT2D eigenvalue weighted by Gasteiger charge is 2.51. The van der Waals surface area contributed by atoms with Crippen LogP contribution in [-0.4, -0.2) is 29.2 Å². The monoisotopic (exact) mass is 332 g/mol. The first kappa shape index (κ1) is 16.6. The molecular formula is C18H21FN2O3. The minimum atomic E-state index is -0.606. The maximum absolute atomic E-state index is 13.8. The Hall–Kier alpha value is -2.24. The molecule has 5 nitrogen and oxygen atoms in total. The van der Waals surface area contributed by atoms with Crippen LogP contribution in [0.15, 0.2) is 18.2 Å². The van der Waals surface area contributed by atoms with Crippen molar-refractivity contribution in [2.45, 2.75) is 45.4 Å². The van der Waals surface area contributed by atoms with E-state index in [2.05, 4.69) is 5.32 Å².